The second-order valence-corrected chi connectivity index (χ2v) is 4.78. The molecule has 0 saturated heterocycles. The van der Waals surface area contributed by atoms with Crippen LogP contribution in [0.3, 0.4) is 0 Å². The van der Waals surface area contributed by atoms with E-state index in [1.807, 2.05) is 32.9 Å². The third-order valence-corrected chi connectivity index (χ3v) is 2.96. The first-order chi connectivity index (χ1) is 8.45. The van der Waals surface area contributed by atoms with E-state index in [2.05, 4.69) is 5.32 Å². The smallest absolute Gasteiger partial charge is 0.224 e. The summed E-state index contributed by atoms with van der Waals surface area (Å²) in [5.41, 5.74) is 9.30. The minimum Gasteiger partial charge on any atom is -0.398 e. The van der Waals surface area contributed by atoms with Crippen LogP contribution < -0.4 is 11.1 Å². The van der Waals surface area contributed by atoms with Crippen molar-refractivity contribution in [2.75, 3.05) is 24.8 Å². The van der Waals surface area contributed by atoms with Gasteiger partial charge in [-0.2, -0.15) is 0 Å². The third kappa shape index (κ3) is 3.74. The number of aryl methyl sites for hydroxylation is 1. The van der Waals surface area contributed by atoms with E-state index < -0.39 is 0 Å². The fourth-order valence-electron chi connectivity index (χ4n) is 1.91. The Kier molecular flexibility index (Phi) is 5.16. The Morgan fingerprint density at radius 3 is 2.72 bits per heavy atom. The first kappa shape index (κ1) is 14.5. The van der Waals surface area contributed by atoms with Gasteiger partial charge in [-0.25, -0.2) is 0 Å². The van der Waals surface area contributed by atoms with Gasteiger partial charge in [-0.05, 0) is 37.0 Å². The standard InChI is InChI=1S/C14H22N2O2/c1-9(8-18-4)7-13(17)16-14-10(2)5-6-12(15)11(14)3/h5-6,9H,7-8,15H2,1-4H3,(H,16,17). The molecule has 4 heteroatoms. The van der Waals surface area contributed by atoms with Gasteiger partial charge in [-0.15, -0.1) is 0 Å². The summed E-state index contributed by atoms with van der Waals surface area (Å²) in [4.78, 5) is 11.9. The van der Waals surface area contributed by atoms with Crippen molar-refractivity contribution in [1.29, 1.82) is 0 Å². The molecule has 1 aromatic carbocycles. The molecule has 1 amide bonds. The highest BCUT2D eigenvalue weighted by atomic mass is 16.5. The molecule has 0 fully saturated rings. The lowest BCUT2D eigenvalue weighted by Crippen LogP contribution is -2.19. The van der Waals surface area contributed by atoms with Gasteiger partial charge in [0.1, 0.15) is 0 Å². The van der Waals surface area contributed by atoms with Crippen LogP contribution in [0.1, 0.15) is 24.5 Å². The highest BCUT2D eigenvalue weighted by molar-refractivity contribution is 5.93. The van der Waals surface area contributed by atoms with E-state index in [0.717, 1.165) is 16.8 Å². The van der Waals surface area contributed by atoms with Crippen LogP contribution in [-0.2, 0) is 9.53 Å². The molecule has 18 heavy (non-hydrogen) atoms. The van der Waals surface area contributed by atoms with Gasteiger partial charge in [0.05, 0.1) is 0 Å². The molecule has 4 nitrogen and oxygen atoms in total. The summed E-state index contributed by atoms with van der Waals surface area (Å²) in [6.45, 7) is 6.45. The molecule has 1 unspecified atom stereocenters. The van der Waals surface area contributed by atoms with E-state index >= 15 is 0 Å². The Hall–Kier alpha value is -1.55. The maximum atomic E-state index is 11.9. The molecule has 0 aromatic heterocycles. The SMILES string of the molecule is COCC(C)CC(=O)Nc1c(C)ccc(N)c1C. The zero-order chi connectivity index (χ0) is 13.7. The maximum Gasteiger partial charge on any atom is 0.224 e. The number of ether oxygens (including phenoxy) is 1. The normalized spacial score (nSPS) is 12.2. The minimum absolute atomic E-state index is 0.00338. The summed E-state index contributed by atoms with van der Waals surface area (Å²) >= 11 is 0. The summed E-state index contributed by atoms with van der Waals surface area (Å²) in [6.07, 6.45) is 0.446. The molecule has 0 aliphatic heterocycles. The molecule has 1 aromatic rings. The van der Waals surface area contributed by atoms with Gasteiger partial charge < -0.3 is 15.8 Å². The van der Waals surface area contributed by atoms with Crippen molar-refractivity contribution in [1.82, 2.24) is 0 Å². The fraction of sp³-hybridized carbons (Fsp3) is 0.500. The Bertz CT molecular complexity index is 430. The number of hydrogen-bond acceptors (Lipinski definition) is 3. The second-order valence-electron chi connectivity index (χ2n) is 4.78. The van der Waals surface area contributed by atoms with Gasteiger partial charge >= 0.3 is 0 Å². The number of carbonyl (C=O) groups is 1. The van der Waals surface area contributed by atoms with E-state index in [0.29, 0.717) is 18.7 Å². The van der Waals surface area contributed by atoms with Gasteiger partial charge in [0.2, 0.25) is 5.91 Å². The average molecular weight is 250 g/mol. The van der Waals surface area contributed by atoms with Crippen molar-refractivity contribution < 1.29 is 9.53 Å². The monoisotopic (exact) mass is 250 g/mol. The summed E-state index contributed by atoms with van der Waals surface area (Å²) < 4.78 is 5.02. The summed E-state index contributed by atoms with van der Waals surface area (Å²) in [5, 5.41) is 2.93. The Labute approximate surface area is 109 Å². The Balaban J connectivity index is 2.73. The predicted octanol–water partition coefficient (Wildman–Crippen LogP) is 2.50. The number of benzene rings is 1. The Morgan fingerprint density at radius 1 is 1.44 bits per heavy atom. The number of nitrogen functional groups attached to an aromatic ring is 1. The molecule has 0 aliphatic carbocycles. The van der Waals surface area contributed by atoms with Crippen LogP contribution >= 0.6 is 0 Å². The lowest BCUT2D eigenvalue weighted by molar-refractivity contribution is -0.117. The number of nitrogens with two attached hydrogens (primary N) is 1. The van der Waals surface area contributed by atoms with Crippen LogP contribution in [0.5, 0.6) is 0 Å². The summed E-state index contributed by atoms with van der Waals surface area (Å²) in [5.74, 6) is 0.202. The molecule has 3 N–H and O–H groups in total. The van der Waals surface area contributed by atoms with E-state index in [1.54, 1.807) is 7.11 Å². The van der Waals surface area contributed by atoms with Crippen LogP contribution in [0.2, 0.25) is 0 Å². The van der Waals surface area contributed by atoms with Crippen LogP contribution in [0.4, 0.5) is 11.4 Å². The van der Waals surface area contributed by atoms with Crippen LogP contribution in [-0.4, -0.2) is 19.6 Å². The molecule has 0 saturated carbocycles. The number of rotatable bonds is 5. The molecule has 1 rings (SSSR count). The highest BCUT2D eigenvalue weighted by Crippen LogP contribution is 2.25. The minimum atomic E-state index is -0.00338. The van der Waals surface area contributed by atoms with Crippen LogP contribution in [0.25, 0.3) is 0 Å². The molecule has 100 valence electrons. The molecule has 0 radical (unpaired) electrons. The third-order valence-electron chi connectivity index (χ3n) is 2.96. The number of nitrogens with one attached hydrogen (secondary N) is 1. The molecular weight excluding hydrogens is 228 g/mol. The molecule has 0 aliphatic rings. The van der Waals surface area contributed by atoms with Crippen molar-refractivity contribution in [2.24, 2.45) is 5.92 Å². The van der Waals surface area contributed by atoms with Crippen LogP contribution in [0, 0.1) is 19.8 Å². The van der Waals surface area contributed by atoms with E-state index in [4.69, 9.17) is 10.5 Å². The number of amides is 1. The highest BCUT2D eigenvalue weighted by Gasteiger charge is 2.12. The Morgan fingerprint density at radius 2 is 2.11 bits per heavy atom. The zero-order valence-corrected chi connectivity index (χ0v) is 11.5. The van der Waals surface area contributed by atoms with Gasteiger partial charge in [0.15, 0.2) is 0 Å². The van der Waals surface area contributed by atoms with Crippen molar-refractivity contribution in [3.05, 3.63) is 23.3 Å². The lowest BCUT2D eigenvalue weighted by atomic mass is 10.1. The number of hydrogen-bond donors (Lipinski definition) is 2. The fourth-order valence-corrected chi connectivity index (χ4v) is 1.91. The molecule has 1 atom stereocenters. The van der Waals surface area contributed by atoms with Gasteiger partial charge in [0.25, 0.3) is 0 Å². The van der Waals surface area contributed by atoms with Crippen molar-refractivity contribution in [2.45, 2.75) is 27.2 Å². The zero-order valence-electron chi connectivity index (χ0n) is 11.5. The van der Waals surface area contributed by atoms with Crippen molar-refractivity contribution >= 4 is 17.3 Å². The first-order valence-corrected chi connectivity index (χ1v) is 6.10. The van der Waals surface area contributed by atoms with Crippen LogP contribution in [0.15, 0.2) is 12.1 Å². The van der Waals surface area contributed by atoms with E-state index in [9.17, 15) is 4.79 Å². The number of anilines is 2. The van der Waals surface area contributed by atoms with Crippen molar-refractivity contribution in [3.8, 4) is 0 Å². The molecule has 0 bridgehead atoms. The molecule has 0 spiro atoms. The molecule has 0 heterocycles. The van der Waals surface area contributed by atoms with E-state index in [1.165, 1.54) is 0 Å². The maximum absolute atomic E-state index is 11.9. The summed E-state index contributed by atoms with van der Waals surface area (Å²) in [7, 11) is 1.64. The van der Waals surface area contributed by atoms with E-state index in [-0.39, 0.29) is 11.8 Å². The van der Waals surface area contributed by atoms with Gasteiger partial charge in [0, 0.05) is 31.5 Å². The second kappa shape index (κ2) is 6.40. The predicted molar refractivity (Wildman–Crippen MR) is 74.6 cm³/mol. The first-order valence-electron chi connectivity index (χ1n) is 6.10. The quantitative estimate of drug-likeness (QED) is 0.789. The van der Waals surface area contributed by atoms with Gasteiger partial charge in [-0.1, -0.05) is 13.0 Å². The topological polar surface area (TPSA) is 64.3 Å². The molecular formula is C14H22N2O2. The number of methoxy groups -OCH3 is 1. The van der Waals surface area contributed by atoms with Crippen molar-refractivity contribution in [3.63, 3.8) is 0 Å². The number of carbonyl (C=O) groups excluding carboxylic acids is 1. The summed E-state index contributed by atoms with van der Waals surface area (Å²) in [6, 6.07) is 3.77. The average Bonchev–Trinajstić information content (AvgIpc) is 2.30. The largest absolute Gasteiger partial charge is 0.398 e. The lowest BCUT2D eigenvalue weighted by Gasteiger charge is -2.15. The van der Waals surface area contributed by atoms with Gasteiger partial charge in [-0.3, -0.25) is 4.79 Å².